The van der Waals surface area contributed by atoms with Gasteiger partial charge >= 0.3 is 0 Å². The summed E-state index contributed by atoms with van der Waals surface area (Å²) in [6, 6.07) is 0. The van der Waals surface area contributed by atoms with Gasteiger partial charge in [-0.15, -0.1) is 22.6 Å². The van der Waals surface area contributed by atoms with E-state index in [0.717, 1.165) is 16.7 Å². The topological polar surface area (TPSA) is 42.7 Å². The van der Waals surface area contributed by atoms with E-state index in [1.54, 1.807) is 11.8 Å². The van der Waals surface area contributed by atoms with Crippen molar-refractivity contribution in [3.05, 3.63) is 5.82 Å². The zero-order valence-corrected chi connectivity index (χ0v) is 13.4. The lowest BCUT2D eigenvalue weighted by Gasteiger charge is -2.27. The maximum atomic E-state index is 13.1. The molecular weight excluding hydrogens is 306 g/mol. The Morgan fingerprint density at radius 3 is 2.60 bits per heavy atom. The molecule has 2 rings (SSSR count). The van der Waals surface area contributed by atoms with Gasteiger partial charge < -0.3 is 9.88 Å². The molecule has 0 amide bonds. The normalized spacial score (nSPS) is 18.8. The maximum Gasteiger partial charge on any atom is 0.248 e. The Balaban J connectivity index is 0.00000200. The van der Waals surface area contributed by atoms with Gasteiger partial charge in [-0.2, -0.15) is 0 Å². The number of halogens is 3. The van der Waals surface area contributed by atoms with Crippen molar-refractivity contribution in [3.8, 4) is 0 Å². The first-order valence-corrected chi connectivity index (χ1v) is 7.54. The van der Waals surface area contributed by atoms with Gasteiger partial charge in [-0.25, -0.2) is 8.78 Å². The van der Waals surface area contributed by atoms with Crippen molar-refractivity contribution in [2.45, 2.75) is 43.3 Å². The molecule has 8 heteroatoms. The molecule has 1 fully saturated rings. The Bertz CT molecular complexity index is 418. The summed E-state index contributed by atoms with van der Waals surface area (Å²) >= 11 is 1.62. The van der Waals surface area contributed by atoms with E-state index in [1.807, 2.05) is 18.7 Å². The highest BCUT2D eigenvalue weighted by Gasteiger charge is 2.34. The molecule has 0 aliphatic heterocycles. The van der Waals surface area contributed by atoms with Crippen molar-refractivity contribution in [3.63, 3.8) is 0 Å². The van der Waals surface area contributed by atoms with Gasteiger partial charge in [0.05, 0.1) is 6.54 Å². The molecule has 0 aromatic carbocycles. The van der Waals surface area contributed by atoms with Crippen molar-refractivity contribution in [2.75, 3.05) is 12.8 Å². The first-order chi connectivity index (χ1) is 9.02. The van der Waals surface area contributed by atoms with Crippen molar-refractivity contribution >= 4 is 24.2 Å². The van der Waals surface area contributed by atoms with E-state index in [4.69, 9.17) is 0 Å². The summed E-state index contributed by atoms with van der Waals surface area (Å²) in [7, 11) is 3.80. The number of alkyl halides is 2. The lowest BCUT2D eigenvalue weighted by atomic mass is 9.88. The van der Waals surface area contributed by atoms with Gasteiger partial charge in [-0.1, -0.05) is 11.8 Å². The van der Waals surface area contributed by atoms with Crippen LogP contribution >= 0.6 is 24.2 Å². The fourth-order valence-electron chi connectivity index (χ4n) is 2.24. The Morgan fingerprint density at radius 1 is 1.35 bits per heavy atom. The van der Waals surface area contributed by atoms with Crippen LogP contribution in [0, 0.1) is 5.92 Å². The highest BCUT2D eigenvalue weighted by atomic mass is 35.5. The van der Waals surface area contributed by atoms with Gasteiger partial charge in [-0.3, -0.25) is 0 Å². The summed E-state index contributed by atoms with van der Waals surface area (Å²) in [5.41, 5.74) is 0. The number of aromatic nitrogens is 3. The van der Waals surface area contributed by atoms with Crippen LogP contribution in [0.2, 0.25) is 0 Å². The van der Waals surface area contributed by atoms with E-state index in [9.17, 15) is 8.78 Å². The van der Waals surface area contributed by atoms with Gasteiger partial charge in [0.25, 0.3) is 0 Å². The molecule has 0 radical (unpaired) electrons. The second kappa shape index (κ2) is 7.56. The number of thioether (sulfide) groups is 1. The van der Waals surface area contributed by atoms with E-state index < -0.39 is 5.92 Å². The van der Waals surface area contributed by atoms with Gasteiger partial charge in [0.15, 0.2) is 5.16 Å². The first kappa shape index (κ1) is 17.7. The quantitative estimate of drug-likeness (QED) is 0.845. The van der Waals surface area contributed by atoms with E-state index >= 15 is 0 Å². The minimum Gasteiger partial charge on any atom is -0.313 e. The van der Waals surface area contributed by atoms with Gasteiger partial charge in [-0.05, 0) is 25.8 Å². The molecule has 0 unspecified atom stereocenters. The summed E-state index contributed by atoms with van der Waals surface area (Å²) in [6.07, 6.45) is 1.28. The van der Waals surface area contributed by atoms with E-state index in [-0.39, 0.29) is 25.2 Å². The van der Waals surface area contributed by atoms with Crippen molar-refractivity contribution < 1.29 is 8.78 Å². The molecule has 0 saturated heterocycles. The van der Waals surface area contributed by atoms with Crippen molar-refractivity contribution in [2.24, 2.45) is 13.0 Å². The van der Waals surface area contributed by atoms with E-state index in [1.165, 1.54) is 0 Å². The zero-order valence-electron chi connectivity index (χ0n) is 11.7. The highest BCUT2D eigenvalue weighted by molar-refractivity contribution is 7.99. The number of hydrogen-bond donors (Lipinski definition) is 1. The number of rotatable bonds is 5. The molecule has 1 saturated carbocycles. The van der Waals surface area contributed by atoms with Crippen LogP contribution in [0.15, 0.2) is 5.16 Å². The molecule has 0 bridgehead atoms. The summed E-state index contributed by atoms with van der Waals surface area (Å²) < 4.78 is 28.1. The summed E-state index contributed by atoms with van der Waals surface area (Å²) in [5, 5.41) is 12.1. The molecule has 1 aromatic heterocycles. The third-order valence-electron chi connectivity index (χ3n) is 3.54. The Kier molecular flexibility index (Phi) is 6.68. The van der Waals surface area contributed by atoms with Crippen LogP contribution in [0.3, 0.4) is 0 Å². The molecule has 20 heavy (non-hydrogen) atoms. The maximum absolute atomic E-state index is 13.1. The van der Waals surface area contributed by atoms with Crippen molar-refractivity contribution in [1.82, 2.24) is 20.1 Å². The predicted octanol–water partition coefficient (Wildman–Crippen LogP) is 2.87. The minimum atomic E-state index is -2.44. The predicted molar refractivity (Wildman–Crippen MR) is 78.6 cm³/mol. The third-order valence-corrected chi connectivity index (χ3v) is 4.80. The number of nitrogens with zero attached hydrogens (tertiary/aromatic N) is 3. The summed E-state index contributed by atoms with van der Waals surface area (Å²) in [5.74, 6) is -0.331. The smallest absolute Gasteiger partial charge is 0.248 e. The van der Waals surface area contributed by atoms with Gasteiger partial charge in [0.2, 0.25) is 5.92 Å². The fraction of sp³-hybridized carbons (Fsp3) is 0.833. The highest BCUT2D eigenvalue weighted by Crippen LogP contribution is 2.38. The van der Waals surface area contributed by atoms with E-state index in [0.29, 0.717) is 25.3 Å². The molecule has 4 nitrogen and oxygen atoms in total. The standard InChI is InChI=1S/C12H20F2N4S.ClH/c1-15-7-10-16-17-11(18(10)2)19-8-9-3-5-12(13,14)6-4-9;/h9,15H,3-8H2,1-2H3;1H. The SMILES string of the molecule is CNCc1nnc(SCC2CCC(F)(F)CC2)n1C.Cl. The monoisotopic (exact) mass is 326 g/mol. The molecule has 1 heterocycles. The first-order valence-electron chi connectivity index (χ1n) is 6.55. The molecule has 0 spiro atoms. The lowest BCUT2D eigenvalue weighted by Crippen LogP contribution is -2.25. The average molecular weight is 327 g/mol. The van der Waals surface area contributed by atoms with Crippen LogP contribution in [0.25, 0.3) is 0 Å². The molecule has 1 aliphatic rings. The molecule has 116 valence electrons. The van der Waals surface area contributed by atoms with Crippen LogP contribution in [-0.4, -0.2) is 33.5 Å². The number of hydrogen-bond acceptors (Lipinski definition) is 4. The third kappa shape index (κ3) is 4.56. The molecule has 1 aromatic rings. The Hall–Kier alpha value is -0.400. The largest absolute Gasteiger partial charge is 0.313 e. The van der Waals surface area contributed by atoms with Crippen LogP contribution in [-0.2, 0) is 13.6 Å². The fourth-order valence-corrected chi connectivity index (χ4v) is 3.36. The minimum absolute atomic E-state index is 0. The van der Waals surface area contributed by atoms with Crippen molar-refractivity contribution in [1.29, 1.82) is 0 Å². The van der Waals surface area contributed by atoms with Gasteiger partial charge in [0.1, 0.15) is 5.82 Å². The average Bonchev–Trinajstić information content (AvgIpc) is 2.70. The Labute approximate surface area is 128 Å². The van der Waals surface area contributed by atoms with Crippen LogP contribution in [0.1, 0.15) is 31.5 Å². The molecule has 1 aliphatic carbocycles. The second-order valence-electron chi connectivity index (χ2n) is 5.10. The molecule has 0 atom stereocenters. The summed E-state index contributed by atoms with van der Waals surface area (Å²) in [6.45, 7) is 0.680. The van der Waals surface area contributed by atoms with Gasteiger partial charge in [0, 0.05) is 25.6 Å². The van der Waals surface area contributed by atoms with Crippen LogP contribution in [0.4, 0.5) is 8.78 Å². The lowest BCUT2D eigenvalue weighted by molar-refractivity contribution is -0.0433. The van der Waals surface area contributed by atoms with Crippen LogP contribution in [0.5, 0.6) is 0 Å². The van der Waals surface area contributed by atoms with E-state index in [2.05, 4.69) is 15.5 Å². The number of nitrogens with one attached hydrogen (secondary N) is 1. The second-order valence-corrected chi connectivity index (χ2v) is 6.09. The molecule has 1 N–H and O–H groups in total. The van der Waals surface area contributed by atoms with Crippen LogP contribution < -0.4 is 5.32 Å². The summed E-state index contributed by atoms with van der Waals surface area (Å²) in [4.78, 5) is 0. The zero-order chi connectivity index (χ0) is 13.9. The Morgan fingerprint density at radius 2 is 2.00 bits per heavy atom. The molecular formula is C12H21ClF2N4S.